The van der Waals surface area contributed by atoms with E-state index in [1.165, 1.54) is 24.7 Å². The Morgan fingerprint density at radius 2 is 2.38 bits per heavy atom. The molecule has 0 saturated heterocycles. The van der Waals surface area contributed by atoms with E-state index in [0.717, 1.165) is 18.6 Å². The molecule has 0 spiro atoms. The molecular formula is C13H16O3. The van der Waals surface area contributed by atoms with Gasteiger partial charge in [0.2, 0.25) is 0 Å². The molecule has 1 aromatic rings. The van der Waals surface area contributed by atoms with Crippen molar-refractivity contribution in [1.82, 2.24) is 0 Å². The van der Waals surface area contributed by atoms with Crippen molar-refractivity contribution < 1.29 is 13.9 Å². The fourth-order valence-corrected chi connectivity index (χ4v) is 1.89. The number of carbonyl (C=O) groups is 1. The lowest BCUT2D eigenvalue weighted by atomic mass is 9.98. The smallest absolute Gasteiger partial charge is 0.341 e. The molecule has 3 nitrogen and oxygen atoms in total. The maximum atomic E-state index is 11.4. The third kappa shape index (κ3) is 2.35. The summed E-state index contributed by atoms with van der Waals surface area (Å²) in [5.74, 6) is 0.497. The SMILES string of the molecule is CCOC(=O)c1coc(C2=CCCCC2)c1. The maximum absolute atomic E-state index is 11.4. The van der Waals surface area contributed by atoms with Crippen molar-refractivity contribution in [3.63, 3.8) is 0 Å². The van der Waals surface area contributed by atoms with Crippen LogP contribution in [0.2, 0.25) is 0 Å². The summed E-state index contributed by atoms with van der Waals surface area (Å²) in [6.45, 7) is 2.19. The molecule has 1 heterocycles. The Morgan fingerprint density at radius 3 is 3.06 bits per heavy atom. The topological polar surface area (TPSA) is 39.4 Å². The van der Waals surface area contributed by atoms with E-state index in [9.17, 15) is 4.79 Å². The quantitative estimate of drug-likeness (QED) is 0.733. The van der Waals surface area contributed by atoms with Crippen LogP contribution in [0.5, 0.6) is 0 Å². The highest BCUT2D eigenvalue weighted by molar-refractivity contribution is 5.90. The minimum absolute atomic E-state index is 0.311. The summed E-state index contributed by atoms with van der Waals surface area (Å²) in [5, 5.41) is 0. The van der Waals surface area contributed by atoms with Gasteiger partial charge in [0.1, 0.15) is 12.0 Å². The number of rotatable bonds is 3. The van der Waals surface area contributed by atoms with Crippen LogP contribution in [0.15, 0.2) is 22.8 Å². The Morgan fingerprint density at radius 1 is 1.50 bits per heavy atom. The molecule has 2 rings (SSSR count). The minimum Gasteiger partial charge on any atom is -0.464 e. The summed E-state index contributed by atoms with van der Waals surface area (Å²) in [6, 6.07) is 1.77. The summed E-state index contributed by atoms with van der Waals surface area (Å²) in [7, 11) is 0. The zero-order valence-corrected chi connectivity index (χ0v) is 9.49. The van der Waals surface area contributed by atoms with E-state index in [4.69, 9.17) is 9.15 Å². The lowest BCUT2D eigenvalue weighted by Gasteiger charge is -2.09. The zero-order chi connectivity index (χ0) is 11.4. The number of esters is 1. The largest absolute Gasteiger partial charge is 0.464 e. The molecule has 3 heteroatoms. The van der Waals surface area contributed by atoms with Gasteiger partial charge in [-0.3, -0.25) is 0 Å². The van der Waals surface area contributed by atoms with Crippen molar-refractivity contribution in [2.24, 2.45) is 0 Å². The first-order valence-electron chi connectivity index (χ1n) is 5.76. The molecule has 0 radical (unpaired) electrons. The van der Waals surface area contributed by atoms with Gasteiger partial charge in [-0.25, -0.2) is 4.79 Å². The van der Waals surface area contributed by atoms with Crippen LogP contribution in [-0.4, -0.2) is 12.6 Å². The predicted molar refractivity (Wildman–Crippen MR) is 61.1 cm³/mol. The fraction of sp³-hybridized carbons (Fsp3) is 0.462. The summed E-state index contributed by atoms with van der Waals surface area (Å²) in [6.07, 6.45) is 8.25. The molecular weight excluding hydrogens is 204 g/mol. The van der Waals surface area contributed by atoms with Crippen molar-refractivity contribution in [2.75, 3.05) is 6.61 Å². The Bertz CT molecular complexity index is 401. The molecule has 0 bridgehead atoms. The van der Waals surface area contributed by atoms with E-state index >= 15 is 0 Å². The maximum Gasteiger partial charge on any atom is 0.341 e. The van der Waals surface area contributed by atoms with E-state index < -0.39 is 0 Å². The van der Waals surface area contributed by atoms with E-state index in [0.29, 0.717) is 12.2 Å². The number of hydrogen-bond acceptors (Lipinski definition) is 3. The second-order valence-corrected chi connectivity index (χ2v) is 3.90. The molecule has 0 atom stereocenters. The van der Waals surface area contributed by atoms with Gasteiger partial charge in [0.05, 0.1) is 12.2 Å². The van der Waals surface area contributed by atoms with Gasteiger partial charge in [-0.05, 0) is 44.2 Å². The third-order valence-electron chi connectivity index (χ3n) is 2.72. The highest BCUT2D eigenvalue weighted by Gasteiger charge is 2.14. The van der Waals surface area contributed by atoms with E-state index in [-0.39, 0.29) is 5.97 Å². The molecule has 1 aromatic heterocycles. The first-order valence-corrected chi connectivity index (χ1v) is 5.76. The van der Waals surface area contributed by atoms with Crippen LogP contribution >= 0.6 is 0 Å². The summed E-state index contributed by atoms with van der Waals surface area (Å²) >= 11 is 0. The number of hydrogen-bond donors (Lipinski definition) is 0. The molecule has 0 aromatic carbocycles. The van der Waals surface area contributed by atoms with Gasteiger partial charge in [-0.15, -0.1) is 0 Å². The van der Waals surface area contributed by atoms with Crippen LogP contribution in [0.3, 0.4) is 0 Å². The van der Waals surface area contributed by atoms with Gasteiger partial charge in [0, 0.05) is 0 Å². The van der Waals surface area contributed by atoms with Gasteiger partial charge in [0.25, 0.3) is 0 Å². The van der Waals surface area contributed by atoms with Crippen LogP contribution in [0.4, 0.5) is 0 Å². The molecule has 0 aliphatic heterocycles. The van der Waals surface area contributed by atoms with Crippen molar-refractivity contribution in [3.05, 3.63) is 29.7 Å². The summed E-state index contributed by atoms with van der Waals surface area (Å²) in [4.78, 5) is 11.4. The van der Waals surface area contributed by atoms with Crippen LogP contribution < -0.4 is 0 Å². The van der Waals surface area contributed by atoms with E-state index in [1.54, 1.807) is 13.0 Å². The van der Waals surface area contributed by atoms with Crippen molar-refractivity contribution in [2.45, 2.75) is 32.6 Å². The van der Waals surface area contributed by atoms with E-state index in [2.05, 4.69) is 6.08 Å². The molecule has 0 N–H and O–H groups in total. The van der Waals surface area contributed by atoms with Crippen molar-refractivity contribution >= 4 is 11.5 Å². The molecule has 0 unspecified atom stereocenters. The van der Waals surface area contributed by atoms with Gasteiger partial charge >= 0.3 is 5.97 Å². The Hall–Kier alpha value is -1.51. The Balaban J connectivity index is 2.12. The van der Waals surface area contributed by atoms with Crippen molar-refractivity contribution in [3.8, 4) is 0 Å². The molecule has 1 aliphatic carbocycles. The normalized spacial score (nSPS) is 15.7. The number of furan rings is 1. The fourth-order valence-electron chi connectivity index (χ4n) is 1.89. The summed E-state index contributed by atoms with van der Waals surface area (Å²) < 4.78 is 10.3. The molecule has 16 heavy (non-hydrogen) atoms. The number of carbonyl (C=O) groups excluding carboxylic acids is 1. The van der Waals surface area contributed by atoms with Crippen molar-refractivity contribution in [1.29, 1.82) is 0 Å². The molecule has 0 fully saturated rings. The highest BCUT2D eigenvalue weighted by atomic mass is 16.5. The molecule has 86 valence electrons. The molecule has 1 aliphatic rings. The van der Waals surface area contributed by atoms with Gasteiger partial charge in [-0.2, -0.15) is 0 Å². The lowest BCUT2D eigenvalue weighted by molar-refractivity contribution is 0.0525. The number of ether oxygens (including phenoxy) is 1. The monoisotopic (exact) mass is 220 g/mol. The second kappa shape index (κ2) is 5.01. The van der Waals surface area contributed by atoms with Gasteiger partial charge < -0.3 is 9.15 Å². The van der Waals surface area contributed by atoms with Gasteiger partial charge in [0.15, 0.2) is 0 Å². The van der Waals surface area contributed by atoms with E-state index in [1.807, 2.05) is 0 Å². The molecule has 0 saturated carbocycles. The van der Waals surface area contributed by atoms with Gasteiger partial charge in [-0.1, -0.05) is 6.08 Å². The first kappa shape index (κ1) is 11.0. The average Bonchev–Trinajstić information content (AvgIpc) is 2.80. The lowest BCUT2D eigenvalue weighted by Crippen LogP contribution is -2.02. The second-order valence-electron chi connectivity index (χ2n) is 3.90. The van der Waals surface area contributed by atoms with Crippen LogP contribution in [0.1, 0.15) is 48.7 Å². The van der Waals surface area contributed by atoms with Crippen LogP contribution in [-0.2, 0) is 4.74 Å². The summed E-state index contributed by atoms with van der Waals surface area (Å²) in [5.41, 5.74) is 1.71. The number of allylic oxidation sites excluding steroid dienone is 2. The standard InChI is InChI=1S/C13H16O3/c1-2-15-13(14)11-8-12(16-9-11)10-6-4-3-5-7-10/h6,8-9H,2-5,7H2,1H3. The highest BCUT2D eigenvalue weighted by Crippen LogP contribution is 2.28. The Kier molecular flexibility index (Phi) is 3.44. The predicted octanol–water partition coefficient (Wildman–Crippen LogP) is 3.41. The zero-order valence-electron chi connectivity index (χ0n) is 9.49. The Labute approximate surface area is 95.1 Å². The minimum atomic E-state index is -0.311. The van der Waals surface area contributed by atoms with Crippen LogP contribution in [0.25, 0.3) is 5.57 Å². The first-order chi connectivity index (χ1) is 7.81. The average molecular weight is 220 g/mol. The van der Waals surface area contributed by atoms with Crippen LogP contribution in [0, 0.1) is 0 Å². The molecule has 0 amide bonds. The third-order valence-corrected chi connectivity index (χ3v) is 2.72.